The number of Topliss-reactive ketones (excluding diaryl/α,β-unsaturated/α-hetero) is 1. The number of ketones is 1. The Balaban J connectivity index is 1.85. The molecule has 154 valence electrons. The van der Waals surface area contributed by atoms with Gasteiger partial charge in [0, 0.05) is 18.5 Å². The zero-order valence-electron chi connectivity index (χ0n) is 16.9. The number of methoxy groups -OCH3 is 1. The molecule has 0 amide bonds. The monoisotopic (exact) mass is 414 g/mol. The van der Waals surface area contributed by atoms with Crippen molar-refractivity contribution >= 4 is 34.5 Å². The average molecular weight is 415 g/mol. The van der Waals surface area contributed by atoms with Crippen molar-refractivity contribution in [3.63, 3.8) is 0 Å². The standard InChI is InChI=1S/C23H27FN2O2S/c1-3-15-7-12-19(27)6-4-5-16-13-21(22(28-2)14-20(15)16)26-23(29)25-18-10-8-17(24)9-11-18/h8-11,13-15H,3-7,12H2,1-2H3,(H2,25,26,29). The molecule has 0 radical (unpaired) electrons. The summed E-state index contributed by atoms with van der Waals surface area (Å²) in [7, 11) is 1.64. The van der Waals surface area contributed by atoms with E-state index in [0.717, 1.165) is 37.1 Å². The SMILES string of the molecule is CCC1CCC(=O)CCCc2cc(NC(=S)Nc3ccc(F)cc3)c(OC)cc21. The smallest absolute Gasteiger partial charge is 0.175 e. The van der Waals surface area contributed by atoms with Gasteiger partial charge in [0.05, 0.1) is 12.8 Å². The summed E-state index contributed by atoms with van der Waals surface area (Å²) in [4.78, 5) is 12.0. The first-order chi connectivity index (χ1) is 14.0. The lowest BCUT2D eigenvalue weighted by Gasteiger charge is -2.22. The minimum absolute atomic E-state index is 0.294. The van der Waals surface area contributed by atoms with Gasteiger partial charge in [-0.1, -0.05) is 6.92 Å². The molecule has 0 aliphatic heterocycles. The van der Waals surface area contributed by atoms with E-state index in [1.807, 2.05) is 0 Å². The molecule has 2 N–H and O–H groups in total. The molecule has 0 bridgehead atoms. The first-order valence-corrected chi connectivity index (χ1v) is 10.5. The summed E-state index contributed by atoms with van der Waals surface area (Å²) < 4.78 is 18.7. The van der Waals surface area contributed by atoms with Crippen LogP contribution < -0.4 is 15.4 Å². The van der Waals surface area contributed by atoms with Crippen LogP contribution in [0.15, 0.2) is 36.4 Å². The van der Waals surface area contributed by atoms with Crippen molar-refractivity contribution in [3.05, 3.63) is 53.3 Å². The molecule has 1 aliphatic carbocycles. The van der Waals surface area contributed by atoms with Crippen LogP contribution in [0.3, 0.4) is 0 Å². The summed E-state index contributed by atoms with van der Waals surface area (Å²) in [6.45, 7) is 2.16. The number of anilines is 2. The molecule has 2 aromatic carbocycles. The fraction of sp³-hybridized carbons (Fsp3) is 0.391. The lowest BCUT2D eigenvalue weighted by atomic mass is 9.87. The van der Waals surface area contributed by atoms with Gasteiger partial charge >= 0.3 is 0 Å². The van der Waals surface area contributed by atoms with E-state index in [4.69, 9.17) is 17.0 Å². The van der Waals surface area contributed by atoms with Gasteiger partial charge in [0.1, 0.15) is 17.3 Å². The Kier molecular flexibility index (Phi) is 7.20. The average Bonchev–Trinajstić information content (AvgIpc) is 2.77. The largest absolute Gasteiger partial charge is 0.495 e. The molecular weight excluding hydrogens is 387 g/mol. The van der Waals surface area contributed by atoms with Gasteiger partial charge in [0.15, 0.2) is 5.11 Å². The number of ether oxygens (including phenoxy) is 1. The van der Waals surface area contributed by atoms with Crippen LogP contribution in [0.25, 0.3) is 0 Å². The van der Waals surface area contributed by atoms with Crippen LogP contribution in [-0.4, -0.2) is 18.0 Å². The third-order valence-corrected chi connectivity index (χ3v) is 5.62. The summed E-state index contributed by atoms with van der Waals surface area (Å²) in [5.74, 6) is 1.12. The normalized spacial score (nSPS) is 16.8. The minimum Gasteiger partial charge on any atom is -0.495 e. The number of carbonyl (C=O) groups is 1. The van der Waals surface area contributed by atoms with Gasteiger partial charge in [-0.15, -0.1) is 0 Å². The van der Waals surface area contributed by atoms with E-state index in [9.17, 15) is 9.18 Å². The van der Waals surface area contributed by atoms with E-state index >= 15 is 0 Å². The Bertz CT molecular complexity index is 883. The number of thiocarbonyl (C=S) groups is 1. The molecule has 6 heteroatoms. The van der Waals surface area contributed by atoms with Gasteiger partial charge in [-0.3, -0.25) is 4.79 Å². The van der Waals surface area contributed by atoms with E-state index in [0.29, 0.717) is 35.3 Å². The number of halogens is 1. The zero-order valence-corrected chi connectivity index (χ0v) is 17.7. The topological polar surface area (TPSA) is 50.4 Å². The second kappa shape index (κ2) is 9.83. The van der Waals surface area contributed by atoms with Gasteiger partial charge in [0.25, 0.3) is 0 Å². The van der Waals surface area contributed by atoms with Crippen LogP contribution in [0, 0.1) is 5.82 Å². The van der Waals surface area contributed by atoms with E-state index < -0.39 is 0 Å². The number of aryl methyl sites for hydroxylation is 1. The summed E-state index contributed by atoms with van der Waals surface area (Å²) >= 11 is 5.43. The molecule has 1 aliphatic rings. The molecule has 4 nitrogen and oxygen atoms in total. The molecule has 0 saturated heterocycles. The van der Waals surface area contributed by atoms with Gasteiger partial charge in [-0.05, 0) is 91.3 Å². The molecular formula is C23H27FN2O2S. The summed E-state index contributed by atoms with van der Waals surface area (Å²) in [5.41, 5.74) is 3.99. The summed E-state index contributed by atoms with van der Waals surface area (Å²) in [6.07, 6.45) is 4.85. The van der Waals surface area contributed by atoms with Crippen molar-refractivity contribution < 1.29 is 13.9 Å². The number of hydrogen-bond acceptors (Lipinski definition) is 3. The van der Waals surface area contributed by atoms with E-state index in [2.05, 4.69) is 29.7 Å². The zero-order chi connectivity index (χ0) is 20.8. The van der Waals surface area contributed by atoms with Gasteiger partial charge < -0.3 is 15.4 Å². The maximum atomic E-state index is 13.1. The van der Waals surface area contributed by atoms with Crippen LogP contribution in [-0.2, 0) is 11.2 Å². The molecule has 0 aromatic heterocycles. The number of benzene rings is 2. The van der Waals surface area contributed by atoms with Gasteiger partial charge in [-0.2, -0.15) is 0 Å². The molecule has 0 spiro atoms. The predicted molar refractivity (Wildman–Crippen MR) is 119 cm³/mol. The van der Waals surface area contributed by atoms with Crippen molar-refractivity contribution in [3.8, 4) is 5.75 Å². The highest BCUT2D eigenvalue weighted by atomic mass is 32.1. The van der Waals surface area contributed by atoms with E-state index in [-0.39, 0.29) is 5.82 Å². The first-order valence-electron chi connectivity index (χ1n) is 10.1. The van der Waals surface area contributed by atoms with Crippen LogP contribution in [0.4, 0.5) is 15.8 Å². The second-order valence-corrected chi connectivity index (χ2v) is 7.78. The van der Waals surface area contributed by atoms with Crippen molar-refractivity contribution in [1.29, 1.82) is 0 Å². The molecule has 3 rings (SSSR count). The van der Waals surface area contributed by atoms with E-state index in [1.165, 1.54) is 23.3 Å². The Hall–Kier alpha value is -2.47. The van der Waals surface area contributed by atoms with E-state index in [1.54, 1.807) is 19.2 Å². The summed E-state index contributed by atoms with van der Waals surface area (Å²) in [6, 6.07) is 10.2. The van der Waals surface area contributed by atoms with Crippen molar-refractivity contribution in [2.45, 2.75) is 51.4 Å². The Labute approximate surface area is 176 Å². The Morgan fingerprint density at radius 1 is 1.17 bits per heavy atom. The third kappa shape index (κ3) is 5.54. The van der Waals surface area contributed by atoms with Crippen molar-refractivity contribution in [1.82, 2.24) is 0 Å². The number of fused-ring (bicyclic) bond motifs is 1. The first kappa shape index (κ1) is 21.2. The Morgan fingerprint density at radius 2 is 1.93 bits per heavy atom. The molecule has 0 heterocycles. The van der Waals surface area contributed by atoms with Gasteiger partial charge in [-0.25, -0.2) is 4.39 Å². The highest BCUT2D eigenvalue weighted by Gasteiger charge is 2.21. The molecule has 1 unspecified atom stereocenters. The number of rotatable bonds is 4. The highest BCUT2D eigenvalue weighted by Crippen LogP contribution is 2.37. The number of nitrogens with one attached hydrogen (secondary N) is 2. The minimum atomic E-state index is -0.294. The third-order valence-electron chi connectivity index (χ3n) is 5.42. The molecule has 2 aromatic rings. The van der Waals surface area contributed by atoms with Crippen molar-refractivity contribution in [2.75, 3.05) is 17.7 Å². The summed E-state index contributed by atoms with van der Waals surface area (Å²) in [5, 5.41) is 6.67. The van der Waals surface area contributed by atoms with Crippen LogP contribution >= 0.6 is 12.2 Å². The maximum Gasteiger partial charge on any atom is 0.175 e. The second-order valence-electron chi connectivity index (χ2n) is 7.37. The quantitative estimate of drug-likeness (QED) is 0.617. The number of carbonyl (C=O) groups excluding carboxylic acids is 1. The molecule has 0 saturated carbocycles. The Morgan fingerprint density at radius 3 is 2.62 bits per heavy atom. The fourth-order valence-corrected chi connectivity index (χ4v) is 4.06. The number of hydrogen-bond donors (Lipinski definition) is 2. The van der Waals surface area contributed by atoms with Crippen LogP contribution in [0.1, 0.15) is 56.1 Å². The fourth-order valence-electron chi connectivity index (χ4n) is 3.84. The predicted octanol–water partition coefficient (Wildman–Crippen LogP) is 5.82. The van der Waals surface area contributed by atoms with Crippen molar-refractivity contribution in [2.24, 2.45) is 0 Å². The lowest BCUT2D eigenvalue weighted by Crippen LogP contribution is -2.20. The lowest BCUT2D eigenvalue weighted by molar-refractivity contribution is -0.119. The molecule has 1 atom stereocenters. The van der Waals surface area contributed by atoms with Crippen LogP contribution in [0.5, 0.6) is 5.75 Å². The molecule has 0 fully saturated rings. The maximum absolute atomic E-state index is 13.1. The van der Waals surface area contributed by atoms with Gasteiger partial charge in [0.2, 0.25) is 0 Å². The molecule has 29 heavy (non-hydrogen) atoms. The van der Waals surface area contributed by atoms with Crippen LogP contribution in [0.2, 0.25) is 0 Å². The highest BCUT2D eigenvalue weighted by molar-refractivity contribution is 7.80.